The minimum absolute atomic E-state index is 0.259. The molecule has 0 radical (unpaired) electrons. The fourth-order valence-electron chi connectivity index (χ4n) is 2.48. The maximum absolute atomic E-state index is 12.2. The molecule has 3 N–H and O–H groups in total. The number of pyridine rings is 2. The minimum atomic E-state index is -0.362. The molecule has 0 spiro atoms. The number of nitrogens with zero attached hydrogens (tertiary/aromatic N) is 2. The van der Waals surface area contributed by atoms with Crippen molar-refractivity contribution >= 4 is 52.2 Å². The van der Waals surface area contributed by atoms with E-state index in [-0.39, 0.29) is 11.0 Å². The first-order chi connectivity index (χ1) is 14.5. The third-order valence-corrected chi connectivity index (χ3v) is 4.35. The van der Waals surface area contributed by atoms with E-state index in [1.807, 2.05) is 0 Å². The lowest BCUT2D eigenvalue weighted by atomic mass is 10.2. The second-order valence-electron chi connectivity index (χ2n) is 5.84. The van der Waals surface area contributed by atoms with Crippen LogP contribution < -0.4 is 25.4 Å². The van der Waals surface area contributed by atoms with Crippen molar-refractivity contribution in [3.63, 3.8) is 0 Å². The lowest BCUT2D eigenvalue weighted by Crippen LogP contribution is -2.21. The summed E-state index contributed by atoms with van der Waals surface area (Å²) in [5, 5.41) is 9.32. The number of carbonyl (C=O) groups is 1. The summed E-state index contributed by atoms with van der Waals surface area (Å²) in [5.41, 5.74) is 0.846. The van der Waals surface area contributed by atoms with Crippen LogP contribution in [0.1, 0.15) is 10.5 Å². The lowest BCUT2D eigenvalue weighted by Gasteiger charge is -2.15. The molecule has 30 heavy (non-hydrogen) atoms. The number of methoxy groups -OCH3 is 2. The van der Waals surface area contributed by atoms with Gasteiger partial charge in [0.15, 0.2) is 5.11 Å². The summed E-state index contributed by atoms with van der Waals surface area (Å²) in [6.45, 7) is 0. The number of nitrogens with one attached hydrogen (secondary N) is 3. The molecule has 1 amide bonds. The minimum Gasteiger partial charge on any atom is -0.495 e. The highest BCUT2D eigenvalue weighted by molar-refractivity contribution is 7.80. The number of hydrogen-bond donors (Lipinski definition) is 3. The third kappa shape index (κ3) is 5.34. The predicted molar refractivity (Wildman–Crippen MR) is 121 cm³/mol. The van der Waals surface area contributed by atoms with Crippen molar-refractivity contribution in [3.8, 4) is 11.5 Å². The molecule has 1 aromatic carbocycles. The average Bonchev–Trinajstić information content (AvgIpc) is 2.74. The number of aromatic nitrogens is 2. The van der Waals surface area contributed by atoms with E-state index in [9.17, 15) is 4.79 Å². The van der Waals surface area contributed by atoms with Gasteiger partial charge in [-0.25, -0.2) is 4.98 Å². The van der Waals surface area contributed by atoms with Crippen LogP contribution in [-0.4, -0.2) is 35.2 Å². The molecule has 0 atom stereocenters. The van der Waals surface area contributed by atoms with E-state index in [2.05, 4.69) is 25.9 Å². The number of rotatable bonds is 6. The largest absolute Gasteiger partial charge is 0.495 e. The van der Waals surface area contributed by atoms with Gasteiger partial charge < -0.3 is 25.4 Å². The molecule has 3 rings (SSSR count). The summed E-state index contributed by atoms with van der Waals surface area (Å²) < 4.78 is 10.5. The Hall–Kier alpha value is -3.43. The van der Waals surface area contributed by atoms with Crippen LogP contribution in [0.25, 0.3) is 0 Å². The highest BCUT2D eigenvalue weighted by Crippen LogP contribution is 2.35. The Bertz CT molecular complexity index is 1070. The Morgan fingerprint density at radius 1 is 0.967 bits per heavy atom. The van der Waals surface area contributed by atoms with E-state index in [0.717, 1.165) is 0 Å². The zero-order valence-electron chi connectivity index (χ0n) is 16.1. The normalized spacial score (nSPS) is 10.1. The third-order valence-electron chi connectivity index (χ3n) is 3.85. The summed E-state index contributed by atoms with van der Waals surface area (Å²) in [4.78, 5) is 20.6. The first-order valence-corrected chi connectivity index (χ1v) is 9.47. The van der Waals surface area contributed by atoms with Crippen LogP contribution in [0, 0.1) is 0 Å². The number of halogens is 1. The van der Waals surface area contributed by atoms with Crippen LogP contribution in [0.2, 0.25) is 5.02 Å². The number of thiocarbonyl (C=S) groups is 1. The van der Waals surface area contributed by atoms with Gasteiger partial charge in [-0.3, -0.25) is 9.78 Å². The fourth-order valence-corrected chi connectivity index (χ4v) is 2.93. The van der Waals surface area contributed by atoms with Crippen molar-refractivity contribution in [3.05, 3.63) is 65.4 Å². The second kappa shape index (κ2) is 9.86. The average molecular weight is 444 g/mol. The number of amides is 1. The van der Waals surface area contributed by atoms with E-state index in [4.69, 9.17) is 33.3 Å². The molecule has 10 heteroatoms. The molecule has 2 heterocycles. The smallest absolute Gasteiger partial charge is 0.275 e. The van der Waals surface area contributed by atoms with Crippen LogP contribution in [0.5, 0.6) is 11.5 Å². The number of carbonyl (C=O) groups excluding carboxylic acids is 1. The molecule has 0 bridgehead atoms. The number of anilines is 3. The van der Waals surface area contributed by atoms with Gasteiger partial charge in [-0.05, 0) is 42.5 Å². The maximum atomic E-state index is 12.2. The van der Waals surface area contributed by atoms with Crippen LogP contribution in [0.4, 0.5) is 17.3 Å². The Morgan fingerprint density at radius 3 is 2.37 bits per heavy atom. The van der Waals surface area contributed by atoms with E-state index in [0.29, 0.717) is 39.5 Å². The van der Waals surface area contributed by atoms with Gasteiger partial charge >= 0.3 is 0 Å². The molecule has 154 valence electrons. The molecule has 0 aliphatic heterocycles. The monoisotopic (exact) mass is 443 g/mol. The van der Waals surface area contributed by atoms with Crippen LogP contribution >= 0.6 is 23.8 Å². The number of hydrogen-bond acceptors (Lipinski definition) is 6. The van der Waals surface area contributed by atoms with Crippen molar-refractivity contribution in [2.75, 3.05) is 30.2 Å². The Labute approximate surface area is 183 Å². The second-order valence-corrected chi connectivity index (χ2v) is 6.66. The molecule has 8 nitrogen and oxygen atoms in total. The van der Waals surface area contributed by atoms with Crippen molar-refractivity contribution in [1.29, 1.82) is 0 Å². The van der Waals surface area contributed by atoms with Crippen molar-refractivity contribution < 1.29 is 14.3 Å². The Morgan fingerprint density at radius 2 is 1.70 bits per heavy atom. The van der Waals surface area contributed by atoms with Gasteiger partial charge in [0.05, 0.1) is 24.9 Å². The van der Waals surface area contributed by atoms with Crippen molar-refractivity contribution in [1.82, 2.24) is 9.97 Å². The predicted octanol–water partition coefficient (Wildman–Crippen LogP) is 4.21. The molecule has 0 fully saturated rings. The summed E-state index contributed by atoms with van der Waals surface area (Å²) >= 11 is 11.5. The summed E-state index contributed by atoms with van der Waals surface area (Å²) in [5.74, 6) is 1.41. The van der Waals surface area contributed by atoms with E-state index in [1.54, 1.807) is 54.7 Å². The summed E-state index contributed by atoms with van der Waals surface area (Å²) in [7, 11) is 3.05. The Balaban J connectivity index is 1.68. The van der Waals surface area contributed by atoms with E-state index in [1.165, 1.54) is 14.2 Å². The zero-order chi connectivity index (χ0) is 21.5. The number of benzene rings is 1. The molecule has 0 unspecified atom stereocenters. The molecular weight excluding hydrogens is 426 g/mol. The highest BCUT2D eigenvalue weighted by atomic mass is 35.5. The quantitative estimate of drug-likeness (QED) is 0.487. The van der Waals surface area contributed by atoms with E-state index < -0.39 is 0 Å². The zero-order valence-corrected chi connectivity index (χ0v) is 17.7. The SMILES string of the molecule is COc1cc(OC)c(NC(=S)Nc2cccc(NC(=O)c3ccccn3)n2)cc1Cl. The topological polar surface area (TPSA) is 97.4 Å². The van der Waals surface area contributed by atoms with Gasteiger partial charge in [0.2, 0.25) is 0 Å². The molecule has 0 aliphatic carbocycles. The molecule has 2 aromatic heterocycles. The molecule has 0 saturated heterocycles. The molecule has 0 aliphatic rings. The van der Waals surface area contributed by atoms with Gasteiger partial charge in [-0.1, -0.05) is 23.7 Å². The van der Waals surface area contributed by atoms with E-state index >= 15 is 0 Å². The van der Waals surface area contributed by atoms with Crippen LogP contribution in [0.3, 0.4) is 0 Å². The van der Waals surface area contributed by atoms with Gasteiger partial charge in [-0.2, -0.15) is 0 Å². The van der Waals surface area contributed by atoms with Crippen molar-refractivity contribution in [2.45, 2.75) is 0 Å². The lowest BCUT2D eigenvalue weighted by molar-refractivity contribution is 0.102. The molecule has 3 aromatic rings. The molecular formula is C20H18ClN5O3S. The Kier molecular flexibility index (Phi) is 6.99. The number of ether oxygens (including phenoxy) is 2. The molecule has 0 saturated carbocycles. The fraction of sp³-hybridized carbons (Fsp3) is 0.100. The first-order valence-electron chi connectivity index (χ1n) is 8.69. The highest BCUT2D eigenvalue weighted by Gasteiger charge is 2.12. The van der Waals surface area contributed by atoms with Gasteiger partial charge in [0.25, 0.3) is 5.91 Å². The van der Waals surface area contributed by atoms with Gasteiger partial charge in [0.1, 0.15) is 28.8 Å². The summed E-state index contributed by atoms with van der Waals surface area (Å²) in [6.07, 6.45) is 1.55. The van der Waals surface area contributed by atoms with Crippen LogP contribution in [-0.2, 0) is 0 Å². The summed E-state index contributed by atoms with van der Waals surface area (Å²) in [6, 6.07) is 13.5. The van der Waals surface area contributed by atoms with Gasteiger partial charge in [0, 0.05) is 12.3 Å². The van der Waals surface area contributed by atoms with Crippen LogP contribution in [0.15, 0.2) is 54.7 Å². The maximum Gasteiger partial charge on any atom is 0.275 e. The van der Waals surface area contributed by atoms with Gasteiger partial charge in [-0.15, -0.1) is 0 Å². The van der Waals surface area contributed by atoms with Crippen molar-refractivity contribution in [2.24, 2.45) is 0 Å². The standard InChI is InChI=1S/C20H18ClN5O3S/c1-28-15-11-16(29-2)14(10-12(15)21)23-20(30)26-18-8-5-7-17(24-18)25-19(27)13-6-3-4-9-22-13/h3-11H,1-2H3,(H3,23,24,25,26,27,30). The first kappa shape index (κ1) is 21.3.